The number of likely N-dealkylation sites (N-methyl/N-ethyl adjacent to an activating group) is 1. The van der Waals surface area contributed by atoms with E-state index < -0.39 is 0 Å². The summed E-state index contributed by atoms with van der Waals surface area (Å²) in [6.45, 7) is 3.22. The first-order valence-corrected chi connectivity index (χ1v) is 11.9. The van der Waals surface area contributed by atoms with Crippen molar-refractivity contribution >= 4 is 28.7 Å². The normalized spacial score (nSPS) is 15.3. The Morgan fingerprint density at radius 2 is 2.14 bits per heavy atom. The number of aromatic nitrogens is 3. The van der Waals surface area contributed by atoms with Gasteiger partial charge in [0.1, 0.15) is 11.3 Å². The Kier molecular flexibility index (Phi) is 7.71. The van der Waals surface area contributed by atoms with Gasteiger partial charge in [-0.25, -0.2) is 4.98 Å². The Balaban J connectivity index is 1.64. The molecule has 4 rings (SSSR count). The third kappa shape index (κ3) is 5.42. The van der Waals surface area contributed by atoms with E-state index in [9.17, 15) is 14.4 Å². The van der Waals surface area contributed by atoms with Crippen molar-refractivity contribution in [3.8, 4) is 17.6 Å². The Labute approximate surface area is 209 Å². The van der Waals surface area contributed by atoms with Crippen LogP contribution in [0.1, 0.15) is 30.1 Å². The molecule has 1 unspecified atom stereocenters. The van der Waals surface area contributed by atoms with E-state index >= 15 is 0 Å². The number of carbonyl (C=O) groups is 2. The molecule has 0 bridgehead atoms. The predicted octanol–water partition coefficient (Wildman–Crippen LogP) is 1.16. The van der Waals surface area contributed by atoms with Crippen molar-refractivity contribution in [1.29, 1.82) is 0 Å². The van der Waals surface area contributed by atoms with E-state index in [-0.39, 0.29) is 36.4 Å². The molecule has 1 atom stereocenters. The molecular formula is C26H30N6O4. The minimum Gasteiger partial charge on any atom is -0.484 e. The number of nitrogens with one attached hydrogen (secondary N) is 1. The van der Waals surface area contributed by atoms with Crippen LogP contribution in [0.15, 0.2) is 41.3 Å². The largest absolute Gasteiger partial charge is 0.484 e. The van der Waals surface area contributed by atoms with Gasteiger partial charge in [-0.1, -0.05) is 18.1 Å². The number of carbonyl (C=O) groups excluding carboxylic acids is 2. The van der Waals surface area contributed by atoms with E-state index in [2.05, 4.69) is 22.1 Å². The molecule has 3 heterocycles. The zero-order chi connectivity index (χ0) is 25.7. The van der Waals surface area contributed by atoms with Crippen molar-refractivity contribution < 1.29 is 14.3 Å². The third-order valence-corrected chi connectivity index (χ3v) is 6.12. The average molecular weight is 491 g/mol. The summed E-state index contributed by atoms with van der Waals surface area (Å²) in [5.41, 5.74) is 7.21. The first-order chi connectivity index (χ1) is 17.4. The van der Waals surface area contributed by atoms with Crippen LogP contribution in [-0.4, -0.2) is 58.6 Å². The summed E-state index contributed by atoms with van der Waals surface area (Å²) in [4.78, 5) is 44.8. The van der Waals surface area contributed by atoms with Crippen LogP contribution in [0.5, 0.6) is 5.75 Å². The molecule has 10 nitrogen and oxygen atoms in total. The molecular weight excluding hydrogens is 460 g/mol. The van der Waals surface area contributed by atoms with Gasteiger partial charge in [0, 0.05) is 37.9 Å². The lowest BCUT2D eigenvalue weighted by atomic mass is 10.1. The average Bonchev–Trinajstić information content (AvgIpc) is 3.27. The topological polar surface area (TPSA) is 124 Å². The van der Waals surface area contributed by atoms with Crippen LogP contribution in [0.4, 0.5) is 5.95 Å². The zero-order valence-corrected chi connectivity index (χ0v) is 20.5. The Morgan fingerprint density at radius 3 is 2.89 bits per heavy atom. The fraction of sp³-hybridized carbons (Fsp3) is 0.385. The van der Waals surface area contributed by atoms with E-state index in [0.29, 0.717) is 41.4 Å². The molecule has 2 aromatic heterocycles. The number of piperidine rings is 1. The predicted molar refractivity (Wildman–Crippen MR) is 137 cm³/mol. The molecule has 36 heavy (non-hydrogen) atoms. The lowest BCUT2D eigenvalue weighted by molar-refractivity contribution is -0.122. The van der Waals surface area contributed by atoms with Gasteiger partial charge in [0.2, 0.25) is 5.95 Å². The number of pyridine rings is 1. The van der Waals surface area contributed by atoms with Crippen LogP contribution >= 0.6 is 0 Å². The van der Waals surface area contributed by atoms with Gasteiger partial charge in [0.25, 0.3) is 11.5 Å². The summed E-state index contributed by atoms with van der Waals surface area (Å²) >= 11 is 0. The highest BCUT2D eigenvalue weighted by molar-refractivity contribution is 5.96. The maximum absolute atomic E-state index is 13.5. The molecule has 0 spiro atoms. The second-order valence-corrected chi connectivity index (χ2v) is 8.67. The molecule has 3 aromatic rings. The fourth-order valence-electron chi connectivity index (χ4n) is 4.26. The number of ether oxygens (including phenoxy) is 1. The highest BCUT2D eigenvalue weighted by Crippen LogP contribution is 2.23. The van der Waals surface area contributed by atoms with Gasteiger partial charge in [-0.2, -0.15) is 0 Å². The van der Waals surface area contributed by atoms with Crippen molar-refractivity contribution in [1.82, 2.24) is 19.4 Å². The molecule has 0 saturated carbocycles. The van der Waals surface area contributed by atoms with E-state index in [4.69, 9.17) is 15.5 Å². The monoisotopic (exact) mass is 490 g/mol. The molecule has 1 aliphatic rings. The third-order valence-electron chi connectivity index (χ3n) is 6.12. The molecule has 0 radical (unpaired) electrons. The van der Waals surface area contributed by atoms with Crippen molar-refractivity contribution in [2.75, 3.05) is 31.6 Å². The van der Waals surface area contributed by atoms with Gasteiger partial charge in [0.15, 0.2) is 12.4 Å². The first kappa shape index (κ1) is 25.0. The summed E-state index contributed by atoms with van der Waals surface area (Å²) in [5.74, 6) is 6.45. The number of Topliss-reactive ketones (excluding diaryl/α,β-unsaturated/α-hetero) is 1. The lowest BCUT2D eigenvalue weighted by Crippen LogP contribution is -2.44. The second kappa shape index (κ2) is 11.1. The summed E-state index contributed by atoms with van der Waals surface area (Å²) in [6.07, 6.45) is 3.50. The van der Waals surface area contributed by atoms with Crippen LogP contribution in [0.2, 0.25) is 0 Å². The molecule has 1 saturated heterocycles. The quantitative estimate of drug-likeness (QED) is 0.359. The minimum atomic E-state index is -0.314. The van der Waals surface area contributed by atoms with Gasteiger partial charge < -0.3 is 25.3 Å². The fourth-order valence-corrected chi connectivity index (χ4v) is 4.26. The number of nitrogens with two attached hydrogens (primary N) is 1. The van der Waals surface area contributed by atoms with Crippen LogP contribution in [0.3, 0.4) is 0 Å². The molecule has 0 aliphatic carbocycles. The van der Waals surface area contributed by atoms with E-state index in [1.54, 1.807) is 43.5 Å². The molecule has 188 valence electrons. The number of anilines is 1. The Morgan fingerprint density at radius 1 is 1.31 bits per heavy atom. The molecule has 10 heteroatoms. The summed E-state index contributed by atoms with van der Waals surface area (Å²) in [5, 5.41) is 2.47. The van der Waals surface area contributed by atoms with E-state index in [1.165, 1.54) is 11.6 Å². The summed E-state index contributed by atoms with van der Waals surface area (Å²) in [6, 6.07) is 8.35. The number of nitrogens with zero attached hydrogens (tertiary/aromatic N) is 4. The molecule has 3 N–H and O–H groups in total. The van der Waals surface area contributed by atoms with Crippen molar-refractivity contribution in [3.05, 3.63) is 52.4 Å². The Bertz CT molecular complexity index is 1400. The smallest absolute Gasteiger partial charge is 0.277 e. The van der Waals surface area contributed by atoms with Crippen LogP contribution < -0.4 is 26.2 Å². The first-order valence-electron chi connectivity index (χ1n) is 11.9. The van der Waals surface area contributed by atoms with E-state index in [1.807, 2.05) is 4.57 Å². The number of rotatable bonds is 8. The number of amides is 1. The summed E-state index contributed by atoms with van der Waals surface area (Å²) in [7, 11) is 1.52. The Hall–Kier alpha value is -4.10. The van der Waals surface area contributed by atoms with E-state index in [0.717, 1.165) is 19.4 Å². The number of hydrogen-bond acceptors (Lipinski definition) is 7. The van der Waals surface area contributed by atoms with Gasteiger partial charge in [-0.3, -0.25) is 19.0 Å². The van der Waals surface area contributed by atoms with Gasteiger partial charge in [0.05, 0.1) is 18.6 Å². The van der Waals surface area contributed by atoms with Crippen LogP contribution in [0.25, 0.3) is 11.0 Å². The second-order valence-electron chi connectivity index (χ2n) is 8.67. The van der Waals surface area contributed by atoms with Crippen molar-refractivity contribution in [2.45, 2.75) is 38.9 Å². The number of hydrogen-bond donors (Lipinski definition) is 2. The SMILES string of the molecule is CC#CCn1c(N2CCCC(N)C2)nc2ccn(CC(=O)c3cccc(OCC(=O)NC)c3)c(=O)c21. The van der Waals surface area contributed by atoms with Gasteiger partial charge in [-0.05, 0) is 38.0 Å². The van der Waals surface area contributed by atoms with Crippen molar-refractivity contribution in [2.24, 2.45) is 5.73 Å². The van der Waals surface area contributed by atoms with Crippen LogP contribution in [0, 0.1) is 11.8 Å². The molecule has 1 amide bonds. The molecule has 1 aliphatic heterocycles. The number of ketones is 1. The minimum absolute atomic E-state index is 0.0506. The molecule has 1 aromatic carbocycles. The van der Waals surface area contributed by atoms with Crippen molar-refractivity contribution in [3.63, 3.8) is 0 Å². The summed E-state index contributed by atoms with van der Waals surface area (Å²) < 4.78 is 8.63. The number of imidazole rings is 1. The number of fused-ring (bicyclic) bond motifs is 1. The number of benzene rings is 1. The highest BCUT2D eigenvalue weighted by Gasteiger charge is 2.24. The van der Waals surface area contributed by atoms with Crippen LogP contribution in [-0.2, 0) is 17.9 Å². The lowest BCUT2D eigenvalue weighted by Gasteiger charge is -2.31. The van der Waals surface area contributed by atoms with Gasteiger partial charge >= 0.3 is 0 Å². The molecule has 1 fully saturated rings. The maximum atomic E-state index is 13.5. The van der Waals surface area contributed by atoms with Gasteiger partial charge in [-0.15, -0.1) is 5.92 Å². The highest BCUT2D eigenvalue weighted by atomic mass is 16.5. The standard InChI is InChI=1S/C26H30N6O4/c1-3-4-12-32-24-21(29-26(32)31-11-6-8-19(27)15-31)10-13-30(25(24)35)16-22(33)18-7-5-9-20(14-18)36-17-23(34)28-2/h5,7,9-10,13-14,19H,6,8,11-12,15-17,27H2,1-2H3,(H,28,34). The zero-order valence-electron chi connectivity index (χ0n) is 20.5. The maximum Gasteiger partial charge on any atom is 0.277 e.